The van der Waals surface area contributed by atoms with E-state index in [-0.39, 0.29) is 25.3 Å². The highest BCUT2D eigenvalue weighted by Crippen LogP contribution is 2.06. The molecule has 0 aliphatic rings. The number of hydrogen-bond donors (Lipinski definition) is 3. The zero-order chi connectivity index (χ0) is 15.8. The molecule has 0 radical (unpaired) electrons. The summed E-state index contributed by atoms with van der Waals surface area (Å²) in [6, 6.07) is -0.636. The molecule has 21 heavy (non-hydrogen) atoms. The summed E-state index contributed by atoms with van der Waals surface area (Å²) >= 11 is 0. The molecule has 1 heterocycles. The molecular weight excluding hydrogens is 280 g/mol. The number of aromatic nitrogens is 2. The van der Waals surface area contributed by atoms with Crippen LogP contribution in [0.25, 0.3) is 0 Å². The number of nitrogens with one attached hydrogen (secondary N) is 2. The van der Waals surface area contributed by atoms with Gasteiger partial charge in [-0.2, -0.15) is 4.98 Å². The Morgan fingerprint density at radius 2 is 2.05 bits per heavy atom. The lowest BCUT2D eigenvalue weighted by molar-refractivity contribution is -0.138. The van der Waals surface area contributed by atoms with Crippen molar-refractivity contribution in [1.29, 1.82) is 0 Å². The van der Waals surface area contributed by atoms with Crippen LogP contribution < -0.4 is 10.6 Å². The van der Waals surface area contributed by atoms with E-state index in [4.69, 9.17) is 9.63 Å². The van der Waals surface area contributed by atoms with Crippen molar-refractivity contribution >= 4 is 17.9 Å². The predicted octanol–water partition coefficient (Wildman–Crippen LogP) is 0.247. The third-order valence-corrected chi connectivity index (χ3v) is 2.51. The van der Waals surface area contributed by atoms with Gasteiger partial charge in [-0.15, -0.1) is 0 Å². The van der Waals surface area contributed by atoms with Crippen molar-refractivity contribution in [2.75, 3.05) is 6.54 Å². The van der Waals surface area contributed by atoms with Gasteiger partial charge in [0.25, 0.3) is 0 Å². The standard InChI is InChI=1S/C12H18N4O5/c1-7(6-11(18)19)5-10(17)15-12(20)13-4-3-9-14-8(2)21-16-9/h7H,3-6H2,1-2H3,(H,18,19)(H2,13,15,17,20). The van der Waals surface area contributed by atoms with Crippen LogP contribution in [0.1, 0.15) is 31.5 Å². The predicted molar refractivity (Wildman–Crippen MR) is 70.3 cm³/mol. The highest BCUT2D eigenvalue weighted by molar-refractivity contribution is 5.94. The largest absolute Gasteiger partial charge is 0.481 e. The van der Waals surface area contributed by atoms with Crippen molar-refractivity contribution in [2.45, 2.75) is 33.1 Å². The minimum atomic E-state index is -0.977. The van der Waals surface area contributed by atoms with Gasteiger partial charge in [0.05, 0.1) is 0 Å². The summed E-state index contributed by atoms with van der Waals surface area (Å²) < 4.78 is 4.77. The van der Waals surface area contributed by atoms with Gasteiger partial charge in [-0.05, 0) is 5.92 Å². The van der Waals surface area contributed by atoms with E-state index in [0.717, 1.165) is 0 Å². The number of carboxylic acid groups (broad SMARTS) is 1. The van der Waals surface area contributed by atoms with Crippen LogP contribution in [0.2, 0.25) is 0 Å². The molecule has 1 aromatic heterocycles. The van der Waals surface area contributed by atoms with Gasteiger partial charge >= 0.3 is 12.0 Å². The lowest BCUT2D eigenvalue weighted by Gasteiger charge is -2.09. The minimum Gasteiger partial charge on any atom is -0.481 e. The molecule has 3 amide bonds. The SMILES string of the molecule is Cc1nc(CCNC(=O)NC(=O)CC(C)CC(=O)O)no1. The summed E-state index contributed by atoms with van der Waals surface area (Å²) in [7, 11) is 0. The molecule has 0 saturated heterocycles. The van der Waals surface area contributed by atoms with E-state index in [2.05, 4.69) is 20.8 Å². The molecule has 0 aliphatic carbocycles. The molecule has 0 aliphatic heterocycles. The number of amides is 3. The fraction of sp³-hybridized carbons (Fsp3) is 0.583. The van der Waals surface area contributed by atoms with E-state index >= 15 is 0 Å². The van der Waals surface area contributed by atoms with Crippen LogP contribution in [0, 0.1) is 12.8 Å². The maximum Gasteiger partial charge on any atom is 0.321 e. The van der Waals surface area contributed by atoms with Crippen molar-refractivity contribution in [3.63, 3.8) is 0 Å². The van der Waals surface area contributed by atoms with E-state index < -0.39 is 17.9 Å². The van der Waals surface area contributed by atoms with Gasteiger partial charge in [0, 0.05) is 32.7 Å². The van der Waals surface area contributed by atoms with Crippen molar-refractivity contribution in [3.8, 4) is 0 Å². The fourth-order valence-corrected chi connectivity index (χ4v) is 1.64. The van der Waals surface area contributed by atoms with Gasteiger partial charge in [-0.3, -0.25) is 14.9 Å². The van der Waals surface area contributed by atoms with Gasteiger partial charge in [0.15, 0.2) is 5.82 Å². The molecule has 1 unspecified atom stereocenters. The Morgan fingerprint density at radius 3 is 2.62 bits per heavy atom. The van der Waals surface area contributed by atoms with Gasteiger partial charge in [0.1, 0.15) is 0 Å². The number of hydrogen-bond acceptors (Lipinski definition) is 6. The lowest BCUT2D eigenvalue weighted by Crippen LogP contribution is -2.40. The van der Waals surface area contributed by atoms with Crippen molar-refractivity contribution in [2.24, 2.45) is 5.92 Å². The summed E-state index contributed by atoms with van der Waals surface area (Å²) in [6.07, 6.45) is 0.240. The van der Waals surface area contributed by atoms with Gasteiger partial charge < -0.3 is 14.9 Å². The maximum atomic E-state index is 11.5. The molecule has 0 bridgehead atoms. The van der Waals surface area contributed by atoms with Gasteiger partial charge in [-0.1, -0.05) is 12.1 Å². The second kappa shape index (κ2) is 7.98. The van der Waals surface area contributed by atoms with E-state index in [1.54, 1.807) is 13.8 Å². The molecule has 1 aromatic rings. The van der Waals surface area contributed by atoms with E-state index in [0.29, 0.717) is 18.1 Å². The number of imide groups is 1. The average molecular weight is 298 g/mol. The molecular formula is C12H18N4O5. The first-order chi connectivity index (χ1) is 9.86. The summed E-state index contributed by atoms with van der Waals surface area (Å²) in [5.74, 6) is -0.921. The molecule has 0 saturated carbocycles. The Morgan fingerprint density at radius 1 is 1.33 bits per heavy atom. The third-order valence-electron chi connectivity index (χ3n) is 2.51. The fourth-order valence-electron chi connectivity index (χ4n) is 1.64. The maximum absolute atomic E-state index is 11.5. The summed E-state index contributed by atoms with van der Waals surface area (Å²) in [6.45, 7) is 3.54. The molecule has 0 fully saturated rings. The van der Waals surface area contributed by atoms with Crippen LogP contribution in [0.15, 0.2) is 4.52 Å². The second-order valence-corrected chi connectivity index (χ2v) is 4.69. The van der Waals surface area contributed by atoms with Crippen LogP contribution in [-0.4, -0.2) is 39.7 Å². The van der Waals surface area contributed by atoms with Crippen LogP contribution in [0.3, 0.4) is 0 Å². The number of aliphatic carboxylic acids is 1. The highest BCUT2D eigenvalue weighted by Gasteiger charge is 2.14. The topological polar surface area (TPSA) is 134 Å². The lowest BCUT2D eigenvalue weighted by atomic mass is 10.0. The first kappa shape index (κ1) is 16.6. The van der Waals surface area contributed by atoms with E-state index in [1.165, 1.54) is 0 Å². The van der Waals surface area contributed by atoms with Gasteiger partial charge in [-0.25, -0.2) is 4.79 Å². The second-order valence-electron chi connectivity index (χ2n) is 4.69. The Labute approximate surface area is 121 Å². The summed E-state index contributed by atoms with van der Waals surface area (Å²) in [5, 5.41) is 16.8. The number of carbonyl (C=O) groups excluding carboxylic acids is 2. The van der Waals surface area contributed by atoms with Crippen LogP contribution in [-0.2, 0) is 16.0 Å². The monoisotopic (exact) mass is 298 g/mol. The zero-order valence-corrected chi connectivity index (χ0v) is 11.9. The van der Waals surface area contributed by atoms with Crippen molar-refractivity contribution in [1.82, 2.24) is 20.8 Å². The molecule has 0 spiro atoms. The van der Waals surface area contributed by atoms with E-state index in [1.807, 2.05) is 0 Å². The molecule has 3 N–H and O–H groups in total. The average Bonchev–Trinajstić information content (AvgIpc) is 2.73. The molecule has 9 nitrogen and oxygen atoms in total. The Balaban J connectivity index is 2.20. The molecule has 116 valence electrons. The number of carboxylic acids is 1. The number of rotatable bonds is 7. The Bertz CT molecular complexity index is 514. The Kier molecular flexibility index (Phi) is 6.31. The van der Waals surface area contributed by atoms with Crippen molar-refractivity contribution < 1.29 is 24.0 Å². The van der Waals surface area contributed by atoms with Gasteiger partial charge in [0.2, 0.25) is 11.8 Å². The zero-order valence-electron chi connectivity index (χ0n) is 11.9. The molecule has 1 rings (SSSR count). The highest BCUT2D eigenvalue weighted by atomic mass is 16.5. The van der Waals surface area contributed by atoms with Crippen LogP contribution >= 0.6 is 0 Å². The van der Waals surface area contributed by atoms with E-state index in [9.17, 15) is 14.4 Å². The molecule has 0 aromatic carbocycles. The van der Waals surface area contributed by atoms with Crippen molar-refractivity contribution in [3.05, 3.63) is 11.7 Å². The number of aryl methyl sites for hydroxylation is 1. The first-order valence-corrected chi connectivity index (χ1v) is 6.45. The smallest absolute Gasteiger partial charge is 0.321 e. The van der Waals surface area contributed by atoms with Crippen LogP contribution in [0.5, 0.6) is 0 Å². The Hall–Kier alpha value is -2.45. The number of nitrogens with zero attached hydrogens (tertiary/aromatic N) is 2. The summed E-state index contributed by atoms with van der Waals surface area (Å²) in [4.78, 5) is 37.3. The quantitative estimate of drug-likeness (QED) is 0.656. The molecule has 1 atom stereocenters. The molecule has 9 heteroatoms. The normalized spacial score (nSPS) is 11.7. The number of urea groups is 1. The summed E-state index contributed by atoms with van der Waals surface area (Å²) in [5.41, 5.74) is 0. The first-order valence-electron chi connectivity index (χ1n) is 6.45. The number of carbonyl (C=O) groups is 3. The third kappa shape index (κ3) is 7.04. The minimum absolute atomic E-state index is 0.0241. The van der Waals surface area contributed by atoms with Crippen LogP contribution in [0.4, 0.5) is 4.79 Å².